The van der Waals surface area contributed by atoms with Crippen molar-refractivity contribution in [3.8, 4) is 0 Å². The van der Waals surface area contributed by atoms with Crippen molar-refractivity contribution in [3.63, 3.8) is 0 Å². The summed E-state index contributed by atoms with van der Waals surface area (Å²) in [5, 5.41) is 10.2. The second-order valence-electron chi connectivity index (χ2n) is 9.71. The van der Waals surface area contributed by atoms with Crippen LogP contribution in [0.25, 0.3) is 0 Å². The van der Waals surface area contributed by atoms with E-state index in [1.165, 1.54) is 25.7 Å². The molecule has 4 rings (SSSR count). The molecule has 0 amide bonds. The van der Waals surface area contributed by atoms with Gasteiger partial charge in [-0.3, -0.25) is 4.79 Å². The molecule has 22 heavy (non-hydrogen) atoms. The highest BCUT2D eigenvalue weighted by Gasteiger charge is 2.63. The molecule has 4 fully saturated rings. The van der Waals surface area contributed by atoms with E-state index in [0.717, 1.165) is 43.9 Å². The lowest BCUT2D eigenvalue weighted by molar-refractivity contribution is -0.169. The summed E-state index contributed by atoms with van der Waals surface area (Å²) >= 11 is 0. The number of fused-ring (bicyclic) bond motifs is 5. The molecule has 124 valence electrons. The summed E-state index contributed by atoms with van der Waals surface area (Å²) in [6.07, 6.45) is 9.95. The lowest BCUT2D eigenvalue weighted by Crippen LogP contribution is -2.58. The van der Waals surface area contributed by atoms with E-state index in [1.54, 1.807) is 0 Å². The van der Waals surface area contributed by atoms with E-state index in [0.29, 0.717) is 22.5 Å². The first-order chi connectivity index (χ1) is 10.3. The summed E-state index contributed by atoms with van der Waals surface area (Å²) < 4.78 is 0. The van der Waals surface area contributed by atoms with E-state index in [2.05, 4.69) is 20.8 Å². The normalized spacial score (nSPS) is 57.9. The van der Waals surface area contributed by atoms with Crippen molar-refractivity contribution in [2.24, 2.45) is 34.0 Å². The van der Waals surface area contributed by atoms with Crippen molar-refractivity contribution in [2.45, 2.75) is 84.7 Å². The van der Waals surface area contributed by atoms with Crippen LogP contribution >= 0.6 is 0 Å². The smallest absolute Gasteiger partial charge is 0.139 e. The number of hydrogen-bond acceptors (Lipinski definition) is 2. The van der Waals surface area contributed by atoms with Crippen LogP contribution in [0, 0.1) is 34.0 Å². The van der Waals surface area contributed by atoms with Crippen molar-refractivity contribution in [3.05, 3.63) is 0 Å². The fourth-order valence-corrected chi connectivity index (χ4v) is 7.38. The van der Waals surface area contributed by atoms with Gasteiger partial charge in [-0.2, -0.15) is 0 Å². The van der Waals surface area contributed by atoms with Gasteiger partial charge in [-0.05, 0) is 80.0 Å². The Morgan fingerprint density at radius 1 is 0.955 bits per heavy atom. The number of carbonyl (C=O) groups is 1. The minimum Gasteiger partial charge on any atom is -0.393 e. The molecule has 0 saturated heterocycles. The maximum Gasteiger partial charge on any atom is 0.139 e. The van der Waals surface area contributed by atoms with Crippen LogP contribution in [-0.2, 0) is 4.79 Å². The van der Waals surface area contributed by atoms with E-state index in [9.17, 15) is 9.90 Å². The summed E-state index contributed by atoms with van der Waals surface area (Å²) in [5.41, 5.74) is 0.684. The lowest BCUT2D eigenvalue weighted by atomic mass is 9.40. The number of hydrogen-bond donors (Lipinski definition) is 1. The minimum atomic E-state index is -0.0865. The van der Waals surface area contributed by atoms with E-state index >= 15 is 0 Å². The number of rotatable bonds is 0. The summed E-state index contributed by atoms with van der Waals surface area (Å²) in [5.74, 6) is 2.74. The van der Waals surface area contributed by atoms with Crippen LogP contribution in [-0.4, -0.2) is 17.0 Å². The molecule has 0 radical (unpaired) electrons. The number of carbonyl (C=O) groups excluding carboxylic acids is 1. The van der Waals surface area contributed by atoms with Crippen LogP contribution in [0.4, 0.5) is 0 Å². The first-order valence-corrected chi connectivity index (χ1v) is 9.52. The van der Waals surface area contributed by atoms with Gasteiger partial charge in [0.15, 0.2) is 0 Å². The highest BCUT2D eigenvalue weighted by Crippen LogP contribution is 2.69. The second kappa shape index (κ2) is 4.59. The lowest BCUT2D eigenvalue weighted by Gasteiger charge is -2.64. The first kappa shape index (κ1) is 15.2. The van der Waals surface area contributed by atoms with Gasteiger partial charge in [-0.25, -0.2) is 0 Å². The average Bonchev–Trinajstić information content (AvgIpc) is 2.76. The Bertz CT molecular complexity index is 500. The Balaban J connectivity index is 1.68. The Kier molecular flexibility index (Phi) is 3.16. The third kappa shape index (κ3) is 1.74. The topological polar surface area (TPSA) is 37.3 Å². The van der Waals surface area contributed by atoms with Gasteiger partial charge in [-0.1, -0.05) is 20.8 Å². The molecule has 4 saturated carbocycles. The Morgan fingerprint density at radius 2 is 1.73 bits per heavy atom. The molecular formula is C20H32O2. The maximum absolute atomic E-state index is 12.4. The maximum atomic E-state index is 12.4. The van der Waals surface area contributed by atoms with Crippen LogP contribution < -0.4 is 0 Å². The number of aliphatic hydroxyl groups is 1. The molecule has 0 aromatic rings. The molecule has 0 bridgehead atoms. The first-order valence-electron chi connectivity index (χ1n) is 9.52. The van der Waals surface area contributed by atoms with Crippen LogP contribution in [0.5, 0.6) is 0 Å². The van der Waals surface area contributed by atoms with Gasteiger partial charge in [-0.15, -0.1) is 0 Å². The molecule has 0 aliphatic heterocycles. The number of ketones is 1. The predicted molar refractivity (Wildman–Crippen MR) is 87.4 cm³/mol. The molecule has 4 aliphatic rings. The highest BCUT2D eigenvalue weighted by atomic mass is 16.3. The molecule has 0 spiro atoms. The van der Waals surface area contributed by atoms with Gasteiger partial charge < -0.3 is 5.11 Å². The summed E-state index contributed by atoms with van der Waals surface area (Å²) in [6.45, 7) is 7.23. The molecule has 0 aromatic heterocycles. The average molecular weight is 304 g/mol. The predicted octanol–water partition coefficient (Wildman–Crippen LogP) is 4.35. The summed E-state index contributed by atoms with van der Waals surface area (Å²) in [7, 11) is 0. The van der Waals surface area contributed by atoms with E-state index < -0.39 is 0 Å². The molecule has 1 N–H and O–H groups in total. The SMILES string of the molecule is C[C@]12CC[C@@H]3[C@@H]4CCC(=O)[C@]4(C)CC[C@@H]3[C@]1(C)CC[C@@H](O)C2. The molecule has 4 aliphatic carbocycles. The summed E-state index contributed by atoms with van der Waals surface area (Å²) in [6, 6.07) is 0. The highest BCUT2D eigenvalue weighted by molar-refractivity contribution is 5.87. The molecule has 0 heterocycles. The van der Waals surface area contributed by atoms with Crippen LogP contribution in [0.2, 0.25) is 0 Å². The molecule has 2 heteroatoms. The number of Topliss-reactive ketones (excluding diaryl/α,β-unsaturated/α-hetero) is 1. The van der Waals surface area contributed by atoms with Crippen molar-refractivity contribution >= 4 is 5.78 Å². The monoisotopic (exact) mass is 304 g/mol. The van der Waals surface area contributed by atoms with Crippen molar-refractivity contribution in [2.75, 3.05) is 0 Å². The minimum absolute atomic E-state index is 0.000547. The van der Waals surface area contributed by atoms with Crippen molar-refractivity contribution in [1.82, 2.24) is 0 Å². The van der Waals surface area contributed by atoms with Crippen molar-refractivity contribution in [1.29, 1.82) is 0 Å². The number of aliphatic hydroxyl groups excluding tert-OH is 1. The van der Waals surface area contributed by atoms with Crippen molar-refractivity contribution < 1.29 is 9.90 Å². The molecule has 0 aromatic carbocycles. The van der Waals surface area contributed by atoms with Crippen LogP contribution in [0.3, 0.4) is 0 Å². The molecule has 2 nitrogen and oxygen atoms in total. The molecule has 0 unspecified atom stereocenters. The second-order valence-corrected chi connectivity index (χ2v) is 9.71. The Morgan fingerprint density at radius 3 is 2.50 bits per heavy atom. The zero-order valence-electron chi connectivity index (χ0n) is 14.5. The zero-order chi connectivity index (χ0) is 15.8. The quantitative estimate of drug-likeness (QED) is 0.722. The van der Waals surface area contributed by atoms with E-state index in [4.69, 9.17) is 0 Å². The van der Waals surface area contributed by atoms with Crippen LogP contribution in [0.15, 0.2) is 0 Å². The molecule has 7 atom stereocenters. The van der Waals surface area contributed by atoms with Gasteiger partial charge in [0.2, 0.25) is 0 Å². The van der Waals surface area contributed by atoms with Gasteiger partial charge in [0, 0.05) is 11.8 Å². The van der Waals surface area contributed by atoms with E-state index in [1.807, 2.05) is 0 Å². The van der Waals surface area contributed by atoms with Gasteiger partial charge in [0.05, 0.1) is 6.10 Å². The Hall–Kier alpha value is -0.370. The summed E-state index contributed by atoms with van der Waals surface area (Å²) in [4.78, 5) is 12.4. The fraction of sp³-hybridized carbons (Fsp3) is 0.950. The molecular weight excluding hydrogens is 272 g/mol. The third-order valence-corrected chi connectivity index (χ3v) is 9.06. The van der Waals surface area contributed by atoms with E-state index in [-0.39, 0.29) is 11.5 Å². The van der Waals surface area contributed by atoms with Gasteiger partial charge in [0.25, 0.3) is 0 Å². The zero-order valence-corrected chi connectivity index (χ0v) is 14.5. The van der Waals surface area contributed by atoms with Crippen LogP contribution in [0.1, 0.15) is 78.6 Å². The third-order valence-electron chi connectivity index (χ3n) is 9.06. The Labute approximate surface area is 135 Å². The fourth-order valence-electron chi connectivity index (χ4n) is 7.38. The largest absolute Gasteiger partial charge is 0.393 e. The standard InChI is InChI=1S/C20H32O2/c1-18-9-7-14-15-4-5-17(22)19(15,2)10-8-16(14)20(18,3)11-6-13(21)12-18/h13-16,21H,4-12H2,1-3H3/t13-,14-,15+,16+,18-,19-,20+/m1/s1. The van der Waals surface area contributed by atoms with Gasteiger partial charge >= 0.3 is 0 Å². The van der Waals surface area contributed by atoms with Gasteiger partial charge in [0.1, 0.15) is 5.78 Å².